The van der Waals surface area contributed by atoms with E-state index in [1.807, 2.05) is 25.3 Å². The fraction of sp³-hybridized carbons (Fsp3) is 0.357. The third-order valence-electron chi connectivity index (χ3n) is 2.97. The van der Waals surface area contributed by atoms with Crippen molar-refractivity contribution in [3.8, 4) is 0 Å². The lowest BCUT2D eigenvalue weighted by Crippen LogP contribution is -2.28. The molecule has 0 aliphatic rings. The zero-order chi connectivity index (χ0) is 15.2. The van der Waals surface area contributed by atoms with Crippen molar-refractivity contribution >= 4 is 22.9 Å². The van der Waals surface area contributed by atoms with Crippen molar-refractivity contribution in [3.05, 3.63) is 40.1 Å². The summed E-state index contributed by atoms with van der Waals surface area (Å²) in [7, 11) is 0. The van der Waals surface area contributed by atoms with Crippen LogP contribution in [0.2, 0.25) is 0 Å². The summed E-state index contributed by atoms with van der Waals surface area (Å²) in [6.45, 7) is 4.51. The lowest BCUT2D eigenvalue weighted by Gasteiger charge is -2.11. The third-order valence-corrected chi connectivity index (χ3v) is 3.71. The highest BCUT2D eigenvalue weighted by atomic mass is 32.1. The predicted molar refractivity (Wildman–Crippen MR) is 84.3 cm³/mol. The Morgan fingerprint density at radius 1 is 1.48 bits per heavy atom. The van der Waals surface area contributed by atoms with Gasteiger partial charge in [0.2, 0.25) is 0 Å². The summed E-state index contributed by atoms with van der Waals surface area (Å²) >= 11 is 1.65. The van der Waals surface area contributed by atoms with E-state index in [-0.39, 0.29) is 17.5 Å². The molecule has 2 aromatic rings. The van der Waals surface area contributed by atoms with Gasteiger partial charge in [-0.1, -0.05) is 13.8 Å². The summed E-state index contributed by atoms with van der Waals surface area (Å²) in [6, 6.07) is 2.05. The fourth-order valence-corrected chi connectivity index (χ4v) is 2.49. The number of hydrogen-bond acceptors (Lipinski definition) is 6. The first-order chi connectivity index (χ1) is 10.1. The van der Waals surface area contributed by atoms with E-state index < -0.39 is 0 Å². The van der Waals surface area contributed by atoms with Gasteiger partial charge in [-0.3, -0.25) is 10.6 Å². The molecule has 2 heterocycles. The summed E-state index contributed by atoms with van der Waals surface area (Å²) in [5.41, 5.74) is 4.38. The predicted octanol–water partition coefficient (Wildman–Crippen LogP) is 1.92. The molecule has 0 atom stereocenters. The molecule has 7 heteroatoms. The summed E-state index contributed by atoms with van der Waals surface area (Å²) < 4.78 is 0. The van der Waals surface area contributed by atoms with Crippen molar-refractivity contribution in [1.29, 1.82) is 0 Å². The minimum Gasteiger partial charge on any atom is -0.350 e. The van der Waals surface area contributed by atoms with Crippen LogP contribution >= 0.6 is 11.3 Å². The van der Waals surface area contributed by atoms with Gasteiger partial charge in [0.25, 0.3) is 5.91 Å². The van der Waals surface area contributed by atoms with E-state index in [0.717, 1.165) is 6.42 Å². The van der Waals surface area contributed by atoms with Gasteiger partial charge in [-0.2, -0.15) is 11.3 Å². The highest BCUT2D eigenvalue weighted by Gasteiger charge is 2.15. The molecule has 2 rings (SSSR count). The Balaban J connectivity index is 2.04. The van der Waals surface area contributed by atoms with Gasteiger partial charge in [-0.15, -0.1) is 0 Å². The number of nitrogens with two attached hydrogens (primary N) is 1. The molecule has 0 unspecified atom stereocenters. The second kappa shape index (κ2) is 7.14. The van der Waals surface area contributed by atoms with Crippen molar-refractivity contribution in [1.82, 2.24) is 15.3 Å². The fourth-order valence-electron chi connectivity index (χ4n) is 1.79. The summed E-state index contributed by atoms with van der Waals surface area (Å²) in [6.07, 6.45) is 2.33. The first kappa shape index (κ1) is 15.4. The molecule has 0 fully saturated rings. The van der Waals surface area contributed by atoms with Crippen molar-refractivity contribution in [2.24, 2.45) is 5.84 Å². The number of hydrogen-bond donors (Lipinski definition) is 3. The van der Waals surface area contributed by atoms with Gasteiger partial charge in [0.1, 0.15) is 5.82 Å². The number of aromatic nitrogens is 2. The van der Waals surface area contributed by atoms with Gasteiger partial charge in [0.15, 0.2) is 5.69 Å². The van der Waals surface area contributed by atoms with E-state index in [2.05, 4.69) is 26.1 Å². The molecule has 0 aliphatic heterocycles. The van der Waals surface area contributed by atoms with E-state index in [4.69, 9.17) is 5.84 Å². The van der Waals surface area contributed by atoms with Crippen LogP contribution in [-0.2, 0) is 6.42 Å². The highest BCUT2D eigenvalue weighted by Crippen LogP contribution is 2.15. The van der Waals surface area contributed by atoms with Crippen molar-refractivity contribution in [2.75, 3.05) is 12.0 Å². The molecule has 4 N–H and O–H groups in total. The Morgan fingerprint density at radius 3 is 2.90 bits per heavy atom. The third kappa shape index (κ3) is 3.99. The Labute approximate surface area is 127 Å². The van der Waals surface area contributed by atoms with Gasteiger partial charge in [-0.05, 0) is 28.8 Å². The highest BCUT2D eigenvalue weighted by molar-refractivity contribution is 7.07. The minimum absolute atomic E-state index is 0.147. The Morgan fingerprint density at radius 2 is 2.29 bits per heavy atom. The van der Waals surface area contributed by atoms with Crippen LogP contribution < -0.4 is 16.6 Å². The Bertz CT molecular complexity index is 597. The normalized spacial score (nSPS) is 10.7. The number of carbonyl (C=O) groups excluding carboxylic acids is 1. The molecule has 6 nitrogen and oxygen atoms in total. The number of rotatable bonds is 6. The van der Waals surface area contributed by atoms with Crippen LogP contribution in [0, 0.1) is 0 Å². The van der Waals surface area contributed by atoms with Crippen LogP contribution in [0.4, 0.5) is 5.69 Å². The zero-order valence-corrected chi connectivity index (χ0v) is 12.9. The number of nitrogens with zero attached hydrogens (tertiary/aromatic N) is 2. The van der Waals surface area contributed by atoms with Crippen molar-refractivity contribution in [3.63, 3.8) is 0 Å². The molecule has 2 aromatic heterocycles. The molecule has 0 aliphatic carbocycles. The standard InChI is InChI=1S/C14H19N5OS/c1-9(2)13-17-7-11(19-15)12(18-13)14(20)16-5-3-10-4-6-21-8-10/h4,6-9,19H,3,5,15H2,1-2H3,(H,16,20). The molecular formula is C14H19N5OS. The van der Waals surface area contributed by atoms with Crippen LogP contribution in [0.15, 0.2) is 23.0 Å². The molecular weight excluding hydrogens is 286 g/mol. The van der Waals surface area contributed by atoms with E-state index in [1.54, 1.807) is 11.3 Å². The van der Waals surface area contributed by atoms with E-state index >= 15 is 0 Å². The van der Waals surface area contributed by atoms with Gasteiger partial charge in [0, 0.05) is 12.5 Å². The van der Waals surface area contributed by atoms with Crippen molar-refractivity contribution in [2.45, 2.75) is 26.2 Å². The topological polar surface area (TPSA) is 92.9 Å². The Hall–Kier alpha value is -1.99. The summed E-state index contributed by atoms with van der Waals surface area (Å²) in [5.74, 6) is 5.93. The largest absolute Gasteiger partial charge is 0.350 e. The van der Waals surface area contributed by atoms with E-state index in [9.17, 15) is 4.79 Å². The summed E-state index contributed by atoms with van der Waals surface area (Å²) in [4.78, 5) is 20.7. The maximum Gasteiger partial charge on any atom is 0.272 e. The zero-order valence-electron chi connectivity index (χ0n) is 12.1. The molecule has 21 heavy (non-hydrogen) atoms. The van der Waals surface area contributed by atoms with Gasteiger partial charge >= 0.3 is 0 Å². The monoisotopic (exact) mass is 305 g/mol. The van der Waals surface area contributed by atoms with E-state index in [1.165, 1.54) is 11.8 Å². The quantitative estimate of drug-likeness (QED) is 0.560. The average Bonchev–Trinajstić information content (AvgIpc) is 2.99. The lowest BCUT2D eigenvalue weighted by atomic mass is 10.2. The molecule has 1 amide bonds. The van der Waals surface area contributed by atoms with E-state index in [0.29, 0.717) is 18.1 Å². The van der Waals surface area contributed by atoms with Crippen LogP contribution in [0.1, 0.15) is 41.6 Å². The number of amides is 1. The summed E-state index contributed by atoms with van der Waals surface area (Å²) in [5, 5.41) is 6.95. The van der Waals surface area contributed by atoms with Gasteiger partial charge < -0.3 is 10.7 Å². The van der Waals surface area contributed by atoms with Gasteiger partial charge in [-0.25, -0.2) is 9.97 Å². The number of nitrogens with one attached hydrogen (secondary N) is 2. The van der Waals surface area contributed by atoms with Crippen LogP contribution in [0.5, 0.6) is 0 Å². The average molecular weight is 305 g/mol. The first-order valence-electron chi connectivity index (χ1n) is 6.74. The van der Waals surface area contributed by atoms with Crippen LogP contribution in [0.3, 0.4) is 0 Å². The smallest absolute Gasteiger partial charge is 0.272 e. The SMILES string of the molecule is CC(C)c1ncc(NN)c(C(=O)NCCc2ccsc2)n1. The maximum absolute atomic E-state index is 12.2. The van der Waals surface area contributed by atoms with Crippen LogP contribution in [0.25, 0.3) is 0 Å². The minimum atomic E-state index is -0.248. The van der Waals surface area contributed by atoms with Gasteiger partial charge in [0.05, 0.1) is 11.9 Å². The number of carbonyl (C=O) groups is 1. The molecule has 0 bridgehead atoms. The van der Waals surface area contributed by atoms with Crippen molar-refractivity contribution < 1.29 is 4.79 Å². The molecule has 0 radical (unpaired) electrons. The van der Waals surface area contributed by atoms with Crippen LogP contribution in [-0.4, -0.2) is 22.4 Å². The second-order valence-corrected chi connectivity index (χ2v) is 5.71. The Kier molecular flexibility index (Phi) is 5.24. The number of thiophene rings is 1. The second-order valence-electron chi connectivity index (χ2n) is 4.93. The molecule has 0 spiro atoms. The lowest BCUT2D eigenvalue weighted by molar-refractivity contribution is 0.0949. The molecule has 0 saturated carbocycles. The first-order valence-corrected chi connectivity index (χ1v) is 7.69. The molecule has 112 valence electrons. The number of hydrazine groups is 1. The number of anilines is 1. The number of nitrogen functional groups attached to an aromatic ring is 1. The molecule has 0 saturated heterocycles. The maximum atomic E-state index is 12.2. The molecule has 0 aromatic carbocycles.